The average Bonchev–Trinajstić information content (AvgIpc) is 2.33. The molecule has 18 heavy (non-hydrogen) atoms. The fourth-order valence-electron chi connectivity index (χ4n) is 2.55. The molecule has 0 unspecified atom stereocenters. The summed E-state index contributed by atoms with van der Waals surface area (Å²) < 4.78 is 0. The highest BCUT2D eigenvalue weighted by Gasteiger charge is 2.24. The Labute approximate surface area is 122 Å². The summed E-state index contributed by atoms with van der Waals surface area (Å²) in [6, 6.07) is 0.408. The minimum atomic E-state index is 0. The number of halogens is 2. The summed E-state index contributed by atoms with van der Waals surface area (Å²) in [6.07, 6.45) is 4.38. The van der Waals surface area contributed by atoms with Gasteiger partial charge < -0.3 is 15.5 Å². The summed E-state index contributed by atoms with van der Waals surface area (Å²) in [7, 11) is 2.14. The third-order valence-corrected chi connectivity index (χ3v) is 3.73. The first-order valence-electron chi connectivity index (χ1n) is 6.45. The van der Waals surface area contributed by atoms with Crippen molar-refractivity contribution in [2.45, 2.75) is 31.7 Å². The molecule has 1 atom stereocenters. The number of likely N-dealkylation sites (tertiary alicyclic amines) is 1. The molecule has 2 N–H and O–H groups in total. The first kappa shape index (κ1) is 18.0. The molecular formula is C12H25Cl2N3O. The van der Waals surface area contributed by atoms with Gasteiger partial charge in [-0.15, -0.1) is 24.8 Å². The maximum absolute atomic E-state index is 12.0. The molecule has 0 aromatic carbocycles. The predicted octanol–water partition coefficient (Wildman–Crippen LogP) is 1.04. The lowest BCUT2D eigenvalue weighted by atomic mass is 9.97. The van der Waals surface area contributed by atoms with Gasteiger partial charge in [-0.3, -0.25) is 4.79 Å². The van der Waals surface area contributed by atoms with Gasteiger partial charge in [0.15, 0.2) is 0 Å². The van der Waals surface area contributed by atoms with Crippen LogP contribution >= 0.6 is 24.8 Å². The number of carbonyl (C=O) groups is 1. The summed E-state index contributed by atoms with van der Waals surface area (Å²) >= 11 is 0. The number of hydrogen-bond acceptors (Lipinski definition) is 3. The number of rotatable bonds is 2. The molecule has 0 aromatic rings. The van der Waals surface area contributed by atoms with E-state index in [1.165, 1.54) is 0 Å². The largest absolute Gasteiger partial charge is 0.353 e. The van der Waals surface area contributed by atoms with Crippen LogP contribution in [0.4, 0.5) is 0 Å². The SMILES string of the molecule is CN1CCC(NC(=O)[C@@H]2CCCNC2)CC1.Cl.Cl. The van der Waals surface area contributed by atoms with E-state index in [2.05, 4.69) is 22.6 Å². The van der Waals surface area contributed by atoms with Crippen molar-refractivity contribution in [3.05, 3.63) is 0 Å². The normalized spacial score (nSPS) is 25.7. The van der Waals surface area contributed by atoms with Crippen molar-refractivity contribution in [3.8, 4) is 0 Å². The van der Waals surface area contributed by atoms with Gasteiger partial charge in [-0.05, 0) is 52.4 Å². The number of piperidine rings is 2. The van der Waals surface area contributed by atoms with E-state index in [4.69, 9.17) is 0 Å². The van der Waals surface area contributed by atoms with Crippen molar-refractivity contribution in [2.24, 2.45) is 5.92 Å². The number of hydrogen-bond donors (Lipinski definition) is 2. The molecule has 0 spiro atoms. The van der Waals surface area contributed by atoms with Gasteiger partial charge in [0.2, 0.25) is 5.91 Å². The zero-order valence-electron chi connectivity index (χ0n) is 11.0. The van der Waals surface area contributed by atoms with E-state index in [0.717, 1.165) is 51.9 Å². The van der Waals surface area contributed by atoms with Gasteiger partial charge in [0.05, 0.1) is 5.92 Å². The topological polar surface area (TPSA) is 44.4 Å². The van der Waals surface area contributed by atoms with E-state index >= 15 is 0 Å². The molecule has 108 valence electrons. The van der Waals surface area contributed by atoms with Crippen LogP contribution in [0.5, 0.6) is 0 Å². The third-order valence-electron chi connectivity index (χ3n) is 3.73. The van der Waals surface area contributed by atoms with Crippen molar-refractivity contribution in [2.75, 3.05) is 33.2 Å². The van der Waals surface area contributed by atoms with E-state index < -0.39 is 0 Å². The molecule has 0 aliphatic carbocycles. The van der Waals surface area contributed by atoms with Gasteiger partial charge in [-0.1, -0.05) is 0 Å². The molecule has 2 aliphatic rings. The van der Waals surface area contributed by atoms with Crippen molar-refractivity contribution in [1.82, 2.24) is 15.5 Å². The zero-order chi connectivity index (χ0) is 11.4. The fourth-order valence-corrected chi connectivity index (χ4v) is 2.55. The molecule has 2 rings (SSSR count). The molecule has 2 heterocycles. The second-order valence-corrected chi connectivity index (χ2v) is 5.13. The molecule has 0 aromatic heterocycles. The van der Waals surface area contributed by atoms with Crippen LogP contribution in [0.25, 0.3) is 0 Å². The van der Waals surface area contributed by atoms with Gasteiger partial charge in [0, 0.05) is 12.6 Å². The van der Waals surface area contributed by atoms with Crippen LogP contribution in [-0.2, 0) is 4.79 Å². The summed E-state index contributed by atoms with van der Waals surface area (Å²) in [5.41, 5.74) is 0. The quantitative estimate of drug-likeness (QED) is 0.800. The number of carbonyl (C=O) groups excluding carboxylic acids is 1. The Balaban J connectivity index is 0.00000144. The minimum Gasteiger partial charge on any atom is -0.353 e. The van der Waals surface area contributed by atoms with Gasteiger partial charge in [-0.2, -0.15) is 0 Å². The van der Waals surface area contributed by atoms with Crippen molar-refractivity contribution >= 4 is 30.7 Å². The standard InChI is InChI=1S/C12H23N3O.2ClH/c1-15-7-4-11(5-8-15)14-12(16)10-3-2-6-13-9-10;;/h10-11,13H,2-9H2,1H3,(H,14,16);2*1H/t10-;;/m1../s1. The summed E-state index contributed by atoms with van der Waals surface area (Å²) in [6.45, 7) is 4.14. The van der Waals surface area contributed by atoms with E-state index in [9.17, 15) is 4.79 Å². The van der Waals surface area contributed by atoms with Crippen LogP contribution in [0, 0.1) is 5.92 Å². The smallest absolute Gasteiger partial charge is 0.224 e. The molecule has 4 nitrogen and oxygen atoms in total. The van der Waals surface area contributed by atoms with Crippen molar-refractivity contribution < 1.29 is 4.79 Å². The van der Waals surface area contributed by atoms with Crippen LogP contribution in [0.1, 0.15) is 25.7 Å². The van der Waals surface area contributed by atoms with E-state index in [1.807, 2.05) is 0 Å². The van der Waals surface area contributed by atoms with Gasteiger partial charge in [-0.25, -0.2) is 0 Å². The highest BCUT2D eigenvalue weighted by Crippen LogP contribution is 2.13. The molecule has 2 saturated heterocycles. The van der Waals surface area contributed by atoms with Crippen LogP contribution in [0.15, 0.2) is 0 Å². The fraction of sp³-hybridized carbons (Fsp3) is 0.917. The first-order chi connectivity index (χ1) is 7.75. The Kier molecular flexibility index (Phi) is 8.95. The Bertz CT molecular complexity index is 239. The monoisotopic (exact) mass is 297 g/mol. The maximum Gasteiger partial charge on any atom is 0.224 e. The first-order valence-corrected chi connectivity index (χ1v) is 6.45. The summed E-state index contributed by atoms with van der Waals surface area (Å²) in [4.78, 5) is 14.3. The van der Waals surface area contributed by atoms with E-state index in [1.54, 1.807) is 0 Å². The molecule has 2 aliphatic heterocycles. The second-order valence-electron chi connectivity index (χ2n) is 5.13. The Hall–Kier alpha value is -0.0300. The Morgan fingerprint density at radius 1 is 1.22 bits per heavy atom. The summed E-state index contributed by atoms with van der Waals surface area (Å²) in [5.74, 6) is 0.468. The van der Waals surface area contributed by atoms with Gasteiger partial charge in [0.1, 0.15) is 0 Å². The maximum atomic E-state index is 12.0. The Morgan fingerprint density at radius 2 is 1.89 bits per heavy atom. The molecule has 6 heteroatoms. The molecule has 0 bridgehead atoms. The van der Waals surface area contributed by atoms with Gasteiger partial charge >= 0.3 is 0 Å². The van der Waals surface area contributed by atoms with Crippen LogP contribution < -0.4 is 10.6 Å². The number of nitrogens with one attached hydrogen (secondary N) is 2. The second kappa shape index (κ2) is 8.97. The van der Waals surface area contributed by atoms with Crippen molar-refractivity contribution in [3.63, 3.8) is 0 Å². The van der Waals surface area contributed by atoms with Crippen LogP contribution in [0.2, 0.25) is 0 Å². The lowest BCUT2D eigenvalue weighted by Crippen LogP contribution is -2.48. The molecule has 1 amide bonds. The van der Waals surface area contributed by atoms with Gasteiger partial charge in [0.25, 0.3) is 0 Å². The number of amides is 1. The number of nitrogens with zero attached hydrogens (tertiary/aromatic N) is 1. The average molecular weight is 298 g/mol. The molecular weight excluding hydrogens is 273 g/mol. The van der Waals surface area contributed by atoms with Crippen molar-refractivity contribution in [1.29, 1.82) is 0 Å². The lowest BCUT2D eigenvalue weighted by molar-refractivity contribution is -0.126. The molecule has 0 saturated carbocycles. The van der Waals surface area contributed by atoms with E-state index in [0.29, 0.717) is 6.04 Å². The molecule has 2 fully saturated rings. The van der Waals surface area contributed by atoms with E-state index in [-0.39, 0.29) is 36.6 Å². The predicted molar refractivity (Wildman–Crippen MR) is 78.8 cm³/mol. The highest BCUT2D eigenvalue weighted by atomic mass is 35.5. The highest BCUT2D eigenvalue weighted by molar-refractivity contribution is 5.85. The lowest BCUT2D eigenvalue weighted by Gasteiger charge is -2.31. The van der Waals surface area contributed by atoms with Crippen LogP contribution in [0.3, 0.4) is 0 Å². The minimum absolute atomic E-state index is 0. The van der Waals surface area contributed by atoms with Crippen LogP contribution in [-0.4, -0.2) is 50.1 Å². The zero-order valence-corrected chi connectivity index (χ0v) is 12.6. The Morgan fingerprint density at radius 3 is 2.44 bits per heavy atom. The molecule has 0 radical (unpaired) electrons. The third kappa shape index (κ3) is 5.31. The summed E-state index contributed by atoms with van der Waals surface area (Å²) in [5, 5.41) is 6.49.